The SMILES string of the molecule is O=C(NCC1CCCC1CO)C1COCCN1. The lowest BCUT2D eigenvalue weighted by Crippen LogP contribution is -2.52. The van der Waals surface area contributed by atoms with E-state index in [0.29, 0.717) is 31.6 Å². The van der Waals surface area contributed by atoms with Gasteiger partial charge in [0.2, 0.25) is 5.91 Å². The lowest BCUT2D eigenvalue weighted by molar-refractivity contribution is -0.126. The van der Waals surface area contributed by atoms with E-state index >= 15 is 0 Å². The number of aliphatic hydroxyl groups is 1. The Morgan fingerprint density at radius 1 is 1.41 bits per heavy atom. The maximum Gasteiger partial charge on any atom is 0.239 e. The molecule has 2 aliphatic rings. The zero-order chi connectivity index (χ0) is 12.1. The van der Waals surface area contributed by atoms with Gasteiger partial charge in [0.15, 0.2) is 0 Å². The van der Waals surface area contributed by atoms with Gasteiger partial charge in [-0.3, -0.25) is 4.79 Å². The van der Waals surface area contributed by atoms with Crippen LogP contribution in [0.1, 0.15) is 19.3 Å². The first-order chi connectivity index (χ1) is 8.31. The van der Waals surface area contributed by atoms with Crippen LogP contribution < -0.4 is 10.6 Å². The third-order valence-electron chi connectivity index (χ3n) is 3.83. The first-order valence-corrected chi connectivity index (χ1v) is 6.51. The zero-order valence-corrected chi connectivity index (χ0v) is 10.2. The molecule has 2 rings (SSSR count). The second kappa shape index (κ2) is 6.33. The minimum absolute atomic E-state index is 0.0216. The van der Waals surface area contributed by atoms with E-state index in [-0.39, 0.29) is 18.6 Å². The summed E-state index contributed by atoms with van der Waals surface area (Å²) in [5.74, 6) is 0.826. The molecule has 0 spiro atoms. The van der Waals surface area contributed by atoms with E-state index in [1.54, 1.807) is 0 Å². The monoisotopic (exact) mass is 242 g/mol. The topological polar surface area (TPSA) is 70.6 Å². The first-order valence-electron chi connectivity index (χ1n) is 6.51. The predicted molar refractivity (Wildman–Crippen MR) is 63.5 cm³/mol. The number of morpholine rings is 1. The maximum atomic E-state index is 11.8. The lowest BCUT2D eigenvalue weighted by atomic mass is 9.97. The minimum atomic E-state index is -0.210. The highest BCUT2D eigenvalue weighted by Gasteiger charge is 2.28. The molecule has 0 aromatic rings. The van der Waals surface area contributed by atoms with Crippen molar-refractivity contribution in [3.8, 4) is 0 Å². The summed E-state index contributed by atoms with van der Waals surface area (Å²) in [6.07, 6.45) is 3.36. The fourth-order valence-electron chi connectivity index (χ4n) is 2.71. The maximum absolute atomic E-state index is 11.8. The van der Waals surface area contributed by atoms with Crippen LogP contribution in [-0.4, -0.2) is 50.0 Å². The Hall–Kier alpha value is -0.650. The van der Waals surface area contributed by atoms with Gasteiger partial charge in [0.25, 0.3) is 0 Å². The lowest BCUT2D eigenvalue weighted by Gasteiger charge is -2.24. The highest BCUT2D eigenvalue weighted by atomic mass is 16.5. The average Bonchev–Trinajstić information content (AvgIpc) is 2.84. The summed E-state index contributed by atoms with van der Waals surface area (Å²) < 4.78 is 5.25. The number of carbonyl (C=O) groups is 1. The highest BCUT2D eigenvalue weighted by Crippen LogP contribution is 2.30. The summed E-state index contributed by atoms with van der Waals surface area (Å²) in [7, 11) is 0. The number of hydrogen-bond acceptors (Lipinski definition) is 4. The van der Waals surface area contributed by atoms with Crippen LogP contribution in [0.5, 0.6) is 0 Å². The van der Waals surface area contributed by atoms with Crippen molar-refractivity contribution in [1.82, 2.24) is 10.6 Å². The predicted octanol–water partition coefficient (Wildman–Crippen LogP) is -0.500. The number of ether oxygens (including phenoxy) is 1. The van der Waals surface area contributed by atoms with Gasteiger partial charge in [-0.2, -0.15) is 0 Å². The normalized spacial score (nSPS) is 33.6. The molecule has 5 nitrogen and oxygen atoms in total. The standard InChI is InChI=1S/C12H22N2O3/c15-7-10-3-1-2-9(10)6-14-12(16)11-8-17-5-4-13-11/h9-11,13,15H,1-8H2,(H,14,16). The molecule has 17 heavy (non-hydrogen) atoms. The summed E-state index contributed by atoms with van der Waals surface area (Å²) in [5.41, 5.74) is 0. The van der Waals surface area contributed by atoms with Gasteiger partial charge < -0.3 is 20.5 Å². The van der Waals surface area contributed by atoms with E-state index in [4.69, 9.17) is 4.74 Å². The van der Waals surface area contributed by atoms with E-state index < -0.39 is 0 Å². The number of aliphatic hydroxyl groups excluding tert-OH is 1. The van der Waals surface area contributed by atoms with Gasteiger partial charge in [0, 0.05) is 19.7 Å². The average molecular weight is 242 g/mol. The Labute approximate surface area is 102 Å². The molecular weight excluding hydrogens is 220 g/mol. The number of amides is 1. The molecule has 1 aliphatic carbocycles. The van der Waals surface area contributed by atoms with Gasteiger partial charge in [0.1, 0.15) is 6.04 Å². The molecule has 1 heterocycles. The second-order valence-electron chi connectivity index (χ2n) is 4.96. The van der Waals surface area contributed by atoms with Crippen LogP contribution in [0.2, 0.25) is 0 Å². The van der Waals surface area contributed by atoms with Gasteiger partial charge in [-0.15, -0.1) is 0 Å². The smallest absolute Gasteiger partial charge is 0.239 e. The molecule has 1 saturated carbocycles. The van der Waals surface area contributed by atoms with Crippen LogP contribution in [0, 0.1) is 11.8 Å². The van der Waals surface area contributed by atoms with Crippen LogP contribution in [-0.2, 0) is 9.53 Å². The largest absolute Gasteiger partial charge is 0.396 e. The first kappa shape index (κ1) is 12.8. The summed E-state index contributed by atoms with van der Waals surface area (Å²) in [6.45, 7) is 2.80. The van der Waals surface area contributed by atoms with Crippen molar-refractivity contribution in [3.05, 3.63) is 0 Å². The van der Waals surface area contributed by atoms with Crippen molar-refractivity contribution < 1.29 is 14.6 Å². The van der Waals surface area contributed by atoms with Gasteiger partial charge in [-0.1, -0.05) is 6.42 Å². The molecule has 1 saturated heterocycles. The van der Waals surface area contributed by atoms with Crippen molar-refractivity contribution in [2.24, 2.45) is 11.8 Å². The van der Waals surface area contributed by atoms with Crippen molar-refractivity contribution in [1.29, 1.82) is 0 Å². The van der Waals surface area contributed by atoms with Crippen LogP contribution in [0.4, 0.5) is 0 Å². The molecule has 1 aliphatic heterocycles. The Morgan fingerprint density at radius 3 is 2.94 bits per heavy atom. The van der Waals surface area contributed by atoms with E-state index in [0.717, 1.165) is 25.8 Å². The Bertz CT molecular complexity index is 254. The highest BCUT2D eigenvalue weighted by molar-refractivity contribution is 5.81. The number of hydrogen-bond donors (Lipinski definition) is 3. The van der Waals surface area contributed by atoms with Crippen molar-refractivity contribution in [2.45, 2.75) is 25.3 Å². The van der Waals surface area contributed by atoms with Gasteiger partial charge in [-0.25, -0.2) is 0 Å². The van der Waals surface area contributed by atoms with Crippen molar-refractivity contribution in [2.75, 3.05) is 32.9 Å². The fourth-order valence-corrected chi connectivity index (χ4v) is 2.71. The number of nitrogens with one attached hydrogen (secondary N) is 2. The van der Waals surface area contributed by atoms with Crippen LogP contribution in [0.3, 0.4) is 0 Å². The molecule has 3 N–H and O–H groups in total. The van der Waals surface area contributed by atoms with E-state index in [2.05, 4.69) is 10.6 Å². The van der Waals surface area contributed by atoms with E-state index in [9.17, 15) is 9.90 Å². The molecular formula is C12H22N2O3. The van der Waals surface area contributed by atoms with Gasteiger partial charge >= 0.3 is 0 Å². The van der Waals surface area contributed by atoms with Crippen LogP contribution in [0.25, 0.3) is 0 Å². The zero-order valence-electron chi connectivity index (χ0n) is 10.2. The molecule has 98 valence electrons. The molecule has 3 unspecified atom stereocenters. The van der Waals surface area contributed by atoms with Crippen LogP contribution >= 0.6 is 0 Å². The number of rotatable bonds is 4. The van der Waals surface area contributed by atoms with E-state index in [1.165, 1.54) is 0 Å². The van der Waals surface area contributed by atoms with Gasteiger partial charge in [-0.05, 0) is 24.7 Å². The van der Waals surface area contributed by atoms with Crippen molar-refractivity contribution >= 4 is 5.91 Å². The minimum Gasteiger partial charge on any atom is -0.396 e. The summed E-state index contributed by atoms with van der Waals surface area (Å²) in [4.78, 5) is 11.8. The Balaban J connectivity index is 1.71. The second-order valence-corrected chi connectivity index (χ2v) is 4.96. The molecule has 0 aromatic heterocycles. The molecule has 0 aromatic carbocycles. The number of carbonyl (C=O) groups excluding carboxylic acids is 1. The molecule has 0 radical (unpaired) electrons. The molecule has 3 atom stereocenters. The fraction of sp³-hybridized carbons (Fsp3) is 0.917. The Kier molecular flexibility index (Phi) is 4.76. The molecule has 1 amide bonds. The summed E-state index contributed by atoms with van der Waals surface area (Å²) >= 11 is 0. The molecule has 0 bridgehead atoms. The summed E-state index contributed by atoms with van der Waals surface area (Å²) in [6, 6.07) is -0.210. The molecule has 5 heteroatoms. The third-order valence-corrected chi connectivity index (χ3v) is 3.83. The van der Waals surface area contributed by atoms with Crippen LogP contribution in [0.15, 0.2) is 0 Å². The van der Waals surface area contributed by atoms with Crippen molar-refractivity contribution in [3.63, 3.8) is 0 Å². The third kappa shape index (κ3) is 3.40. The molecule has 2 fully saturated rings. The quantitative estimate of drug-likeness (QED) is 0.621. The van der Waals surface area contributed by atoms with E-state index in [1.807, 2.05) is 0 Å². The Morgan fingerprint density at radius 2 is 2.24 bits per heavy atom. The van der Waals surface area contributed by atoms with Gasteiger partial charge in [0.05, 0.1) is 13.2 Å². The summed E-state index contributed by atoms with van der Waals surface area (Å²) in [5, 5.41) is 15.3.